The third-order valence-electron chi connectivity index (χ3n) is 3.68. The van der Waals surface area contributed by atoms with E-state index in [2.05, 4.69) is 0 Å². The molecule has 0 amide bonds. The Balaban J connectivity index is 2.22. The molecule has 1 fully saturated rings. The van der Waals surface area contributed by atoms with Gasteiger partial charge in [0, 0.05) is 19.1 Å². The number of nitrogens with two attached hydrogens (primary N) is 1. The van der Waals surface area contributed by atoms with Crippen molar-refractivity contribution in [1.82, 2.24) is 4.31 Å². The number of morpholine rings is 1. The summed E-state index contributed by atoms with van der Waals surface area (Å²) in [4.78, 5) is 0. The quantitative estimate of drug-likeness (QED) is 0.883. The zero-order chi connectivity index (χ0) is 14.6. The van der Waals surface area contributed by atoms with Crippen molar-refractivity contribution in [2.75, 3.05) is 19.8 Å². The van der Waals surface area contributed by atoms with Crippen molar-refractivity contribution in [3.63, 3.8) is 0 Å². The maximum absolute atomic E-state index is 12.6. The zero-order valence-corrected chi connectivity index (χ0v) is 12.6. The fraction of sp³-hybridized carbons (Fsp3) is 0.571. The summed E-state index contributed by atoms with van der Waals surface area (Å²) in [5, 5.41) is 0. The Bertz CT molecular complexity index is 545. The SMILES string of the molecule is CCC1COCCN1S(=O)(=O)Cc1ccccc1CN. The molecule has 0 bridgehead atoms. The van der Waals surface area contributed by atoms with Crippen molar-refractivity contribution in [2.24, 2.45) is 5.73 Å². The fourth-order valence-electron chi connectivity index (χ4n) is 2.50. The number of rotatable bonds is 5. The lowest BCUT2D eigenvalue weighted by molar-refractivity contribution is 0.0313. The van der Waals surface area contributed by atoms with Gasteiger partial charge in [0.05, 0.1) is 19.0 Å². The molecule has 1 saturated heterocycles. The average Bonchev–Trinajstić information content (AvgIpc) is 2.47. The van der Waals surface area contributed by atoms with Crippen molar-refractivity contribution in [3.05, 3.63) is 35.4 Å². The van der Waals surface area contributed by atoms with Crippen LogP contribution < -0.4 is 5.73 Å². The van der Waals surface area contributed by atoms with Crippen molar-refractivity contribution in [3.8, 4) is 0 Å². The highest BCUT2D eigenvalue weighted by Crippen LogP contribution is 2.20. The van der Waals surface area contributed by atoms with Crippen LogP contribution in [0.4, 0.5) is 0 Å². The third kappa shape index (κ3) is 3.38. The fourth-order valence-corrected chi connectivity index (χ4v) is 4.36. The van der Waals surface area contributed by atoms with Gasteiger partial charge in [0.2, 0.25) is 10.0 Å². The monoisotopic (exact) mass is 298 g/mol. The lowest BCUT2D eigenvalue weighted by Crippen LogP contribution is -2.48. The van der Waals surface area contributed by atoms with E-state index < -0.39 is 10.0 Å². The van der Waals surface area contributed by atoms with E-state index in [4.69, 9.17) is 10.5 Å². The molecule has 0 spiro atoms. The molecule has 1 aromatic rings. The van der Waals surface area contributed by atoms with Crippen LogP contribution in [0.15, 0.2) is 24.3 Å². The Kier molecular flexibility index (Phi) is 5.15. The van der Waals surface area contributed by atoms with E-state index in [0.717, 1.165) is 17.5 Å². The van der Waals surface area contributed by atoms with Crippen LogP contribution in [0.1, 0.15) is 24.5 Å². The first-order valence-corrected chi connectivity index (χ1v) is 8.53. The maximum Gasteiger partial charge on any atom is 0.218 e. The standard InChI is InChI=1S/C14H22N2O3S/c1-2-14-10-19-8-7-16(14)20(17,18)11-13-6-4-3-5-12(13)9-15/h3-6,14H,2,7-11,15H2,1H3. The minimum Gasteiger partial charge on any atom is -0.378 e. The molecule has 0 aromatic heterocycles. The molecule has 1 aliphatic rings. The van der Waals surface area contributed by atoms with Crippen molar-refractivity contribution >= 4 is 10.0 Å². The van der Waals surface area contributed by atoms with Crippen LogP contribution in [0, 0.1) is 0 Å². The van der Waals surface area contributed by atoms with Crippen LogP contribution in [0.5, 0.6) is 0 Å². The van der Waals surface area contributed by atoms with Gasteiger partial charge in [-0.1, -0.05) is 31.2 Å². The van der Waals surface area contributed by atoms with E-state index in [9.17, 15) is 8.42 Å². The molecule has 112 valence electrons. The van der Waals surface area contributed by atoms with Gasteiger partial charge in [-0.3, -0.25) is 0 Å². The molecule has 2 N–H and O–H groups in total. The first-order chi connectivity index (χ1) is 9.58. The molecule has 0 saturated carbocycles. The van der Waals surface area contributed by atoms with Crippen LogP contribution in [-0.2, 0) is 27.1 Å². The second-order valence-corrected chi connectivity index (χ2v) is 6.90. The molecule has 0 aliphatic carbocycles. The molecule has 2 rings (SSSR count). The summed E-state index contributed by atoms with van der Waals surface area (Å²) in [5.74, 6) is 0.0108. The van der Waals surface area contributed by atoms with E-state index in [0.29, 0.717) is 26.3 Å². The van der Waals surface area contributed by atoms with Gasteiger partial charge in [-0.2, -0.15) is 4.31 Å². The topological polar surface area (TPSA) is 72.6 Å². The smallest absolute Gasteiger partial charge is 0.218 e. The van der Waals surface area contributed by atoms with Crippen molar-refractivity contribution in [1.29, 1.82) is 0 Å². The summed E-state index contributed by atoms with van der Waals surface area (Å²) in [5.41, 5.74) is 7.35. The average molecular weight is 298 g/mol. The van der Waals surface area contributed by atoms with E-state index in [-0.39, 0.29) is 11.8 Å². The van der Waals surface area contributed by atoms with E-state index in [1.807, 2.05) is 31.2 Å². The first-order valence-electron chi connectivity index (χ1n) is 6.92. The normalized spacial score (nSPS) is 21.0. The number of ether oxygens (including phenoxy) is 1. The van der Waals surface area contributed by atoms with Gasteiger partial charge in [0.1, 0.15) is 0 Å². The van der Waals surface area contributed by atoms with Gasteiger partial charge >= 0.3 is 0 Å². The van der Waals surface area contributed by atoms with Gasteiger partial charge in [-0.05, 0) is 17.5 Å². The Morgan fingerprint density at radius 1 is 1.35 bits per heavy atom. The molecular formula is C14H22N2O3S. The summed E-state index contributed by atoms with van der Waals surface area (Å²) in [6.45, 7) is 3.72. The minimum absolute atomic E-state index is 0.0108. The van der Waals surface area contributed by atoms with E-state index in [1.165, 1.54) is 0 Å². The number of hydrogen-bond acceptors (Lipinski definition) is 4. The summed E-state index contributed by atoms with van der Waals surface area (Å²) < 4.78 is 32.2. The predicted octanol–water partition coefficient (Wildman–Crippen LogP) is 1.09. The summed E-state index contributed by atoms with van der Waals surface area (Å²) in [7, 11) is -3.33. The predicted molar refractivity (Wildman–Crippen MR) is 78.6 cm³/mol. The Labute approximate surface area is 120 Å². The molecule has 1 aliphatic heterocycles. The summed E-state index contributed by atoms with van der Waals surface area (Å²) >= 11 is 0. The van der Waals surface area contributed by atoms with Gasteiger partial charge < -0.3 is 10.5 Å². The number of nitrogens with zero attached hydrogens (tertiary/aromatic N) is 1. The Morgan fingerprint density at radius 2 is 2.05 bits per heavy atom. The highest BCUT2D eigenvalue weighted by atomic mass is 32.2. The molecule has 5 nitrogen and oxygen atoms in total. The largest absolute Gasteiger partial charge is 0.378 e. The second kappa shape index (κ2) is 6.67. The summed E-state index contributed by atoms with van der Waals surface area (Å²) in [6.07, 6.45) is 0.762. The van der Waals surface area contributed by atoms with Crippen LogP contribution in [-0.4, -0.2) is 38.5 Å². The highest BCUT2D eigenvalue weighted by molar-refractivity contribution is 7.88. The molecule has 6 heteroatoms. The first kappa shape index (κ1) is 15.4. The number of hydrogen-bond donors (Lipinski definition) is 1. The molecule has 1 atom stereocenters. The highest BCUT2D eigenvalue weighted by Gasteiger charge is 2.32. The second-order valence-electron chi connectivity index (χ2n) is 4.98. The van der Waals surface area contributed by atoms with Crippen LogP contribution in [0.3, 0.4) is 0 Å². The van der Waals surface area contributed by atoms with E-state index in [1.54, 1.807) is 4.31 Å². The zero-order valence-electron chi connectivity index (χ0n) is 11.8. The molecule has 1 aromatic carbocycles. The molecule has 0 radical (unpaired) electrons. The number of benzene rings is 1. The van der Waals surface area contributed by atoms with Crippen LogP contribution >= 0.6 is 0 Å². The van der Waals surface area contributed by atoms with Gasteiger partial charge in [0.15, 0.2) is 0 Å². The lowest BCUT2D eigenvalue weighted by atomic mass is 10.1. The maximum atomic E-state index is 12.6. The lowest BCUT2D eigenvalue weighted by Gasteiger charge is -2.34. The minimum atomic E-state index is -3.33. The molecule has 20 heavy (non-hydrogen) atoms. The molecule has 1 heterocycles. The van der Waals surface area contributed by atoms with Crippen LogP contribution in [0.2, 0.25) is 0 Å². The van der Waals surface area contributed by atoms with Crippen molar-refractivity contribution < 1.29 is 13.2 Å². The molecule has 1 unspecified atom stereocenters. The van der Waals surface area contributed by atoms with Crippen LogP contribution in [0.25, 0.3) is 0 Å². The van der Waals surface area contributed by atoms with E-state index >= 15 is 0 Å². The van der Waals surface area contributed by atoms with Crippen molar-refractivity contribution in [2.45, 2.75) is 31.7 Å². The Hall–Kier alpha value is -0.950. The van der Waals surface area contributed by atoms with Gasteiger partial charge in [0.25, 0.3) is 0 Å². The summed E-state index contributed by atoms with van der Waals surface area (Å²) in [6, 6.07) is 7.38. The molecular weight excluding hydrogens is 276 g/mol. The van der Waals surface area contributed by atoms with Gasteiger partial charge in [-0.25, -0.2) is 8.42 Å². The number of sulfonamides is 1. The third-order valence-corrected chi connectivity index (χ3v) is 5.55. The van der Waals surface area contributed by atoms with Gasteiger partial charge in [-0.15, -0.1) is 0 Å². The Morgan fingerprint density at radius 3 is 2.70 bits per heavy atom.